The number of hydrogen-bond acceptors (Lipinski definition) is 6. The number of carboxylic acids is 2. The van der Waals surface area contributed by atoms with Crippen LogP contribution in [0.1, 0.15) is 20.7 Å². The first-order chi connectivity index (χ1) is 9.91. The monoisotopic (exact) mass is 331 g/mol. The summed E-state index contributed by atoms with van der Waals surface area (Å²) < 4.78 is 0. The van der Waals surface area contributed by atoms with E-state index < -0.39 is 28.0 Å². The topological polar surface area (TPSA) is 123 Å². The van der Waals surface area contributed by atoms with Gasteiger partial charge in [0.2, 0.25) is 0 Å². The third-order valence-corrected chi connectivity index (χ3v) is 2.87. The summed E-state index contributed by atoms with van der Waals surface area (Å²) in [5.41, 5.74) is -0.979. The van der Waals surface area contributed by atoms with E-state index in [1.807, 2.05) is 0 Å². The van der Waals surface area contributed by atoms with Crippen LogP contribution in [0.3, 0.4) is 0 Å². The SMILES string of the molecule is O=C([O-])c1ccc(-c2ccccc2[N+](=O)[O-])cc1C(=O)[O-].[Na+].[Na+]. The first-order valence-electron chi connectivity index (χ1n) is 5.72. The molecule has 0 atom stereocenters. The maximum atomic E-state index is 11.0. The van der Waals surface area contributed by atoms with Gasteiger partial charge in [0.25, 0.3) is 5.69 Å². The Hall–Kier alpha value is -1.22. The van der Waals surface area contributed by atoms with Crippen LogP contribution < -0.4 is 69.3 Å². The van der Waals surface area contributed by atoms with Crippen molar-refractivity contribution in [1.29, 1.82) is 0 Å². The average molecular weight is 331 g/mol. The molecular weight excluding hydrogens is 324 g/mol. The Bertz CT molecular complexity index is 763. The van der Waals surface area contributed by atoms with Crippen LogP contribution in [0, 0.1) is 10.1 Å². The molecule has 2 rings (SSSR count). The van der Waals surface area contributed by atoms with Crippen molar-refractivity contribution in [2.24, 2.45) is 0 Å². The Morgan fingerprint density at radius 3 is 1.96 bits per heavy atom. The predicted molar refractivity (Wildman–Crippen MR) is 67.2 cm³/mol. The third-order valence-electron chi connectivity index (χ3n) is 2.87. The Morgan fingerprint density at radius 2 is 1.43 bits per heavy atom. The molecule has 0 aliphatic heterocycles. The summed E-state index contributed by atoms with van der Waals surface area (Å²) in [4.78, 5) is 32.2. The molecule has 0 aromatic heterocycles. The molecule has 0 N–H and O–H groups in total. The van der Waals surface area contributed by atoms with Crippen molar-refractivity contribution in [1.82, 2.24) is 0 Å². The minimum atomic E-state index is -1.70. The number of carboxylic acid groups (broad SMARTS) is 2. The molecule has 7 nitrogen and oxygen atoms in total. The maximum absolute atomic E-state index is 11.0. The zero-order chi connectivity index (χ0) is 15.6. The molecule has 0 aliphatic carbocycles. The minimum Gasteiger partial charge on any atom is -0.545 e. The van der Waals surface area contributed by atoms with E-state index in [0.29, 0.717) is 0 Å². The molecular formula is C14H7NNa2O6. The number of nitro groups is 1. The second-order valence-electron chi connectivity index (χ2n) is 4.11. The fourth-order valence-electron chi connectivity index (χ4n) is 1.94. The van der Waals surface area contributed by atoms with Crippen molar-refractivity contribution in [3.63, 3.8) is 0 Å². The van der Waals surface area contributed by atoms with E-state index in [-0.39, 0.29) is 75.9 Å². The van der Waals surface area contributed by atoms with Crippen LogP contribution in [0.25, 0.3) is 11.1 Å². The van der Waals surface area contributed by atoms with Gasteiger partial charge in [0.1, 0.15) is 0 Å². The molecule has 0 saturated carbocycles. The first-order valence-corrected chi connectivity index (χ1v) is 5.72. The van der Waals surface area contributed by atoms with Crippen LogP contribution in [-0.4, -0.2) is 16.9 Å². The molecule has 0 radical (unpaired) electrons. The Morgan fingerprint density at radius 1 is 0.870 bits per heavy atom. The quantitative estimate of drug-likeness (QED) is 0.312. The number of hydrogen-bond donors (Lipinski definition) is 0. The van der Waals surface area contributed by atoms with Gasteiger partial charge in [-0.2, -0.15) is 0 Å². The number of carbonyl (C=O) groups excluding carboxylic acids is 2. The molecule has 0 bridgehead atoms. The Labute approximate surface area is 175 Å². The van der Waals surface area contributed by atoms with Crippen molar-refractivity contribution in [3.05, 3.63) is 63.7 Å². The smallest absolute Gasteiger partial charge is 0.545 e. The van der Waals surface area contributed by atoms with E-state index in [1.165, 1.54) is 24.3 Å². The number of carbonyl (C=O) groups is 2. The van der Waals surface area contributed by atoms with Crippen LogP contribution in [0.2, 0.25) is 0 Å². The standard InChI is InChI=1S/C14H9NO6.2Na/c16-13(17)10-6-5-8(7-11(10)14(18)19)9-3-1-2-4-12(9)15(20)21;;/h1-7H,(H,16,17)(H,18,19);;/q;2*+1/p-2. The van der Waals surface area contributed by atoms with Crippen LogP contribution >= 0.6 is 0 Å². The number of benzene rings is 2. The van der Waals surface area contributed by atoms with E-state index in [9.17, 15) is 29.9 Å². The molecule has 2 aromatic rings. The van der Waals surface area contributed by atoms with Crippen molar-refractivity contribution in [3.8, 4) is 11.1 Å². The molecule has 0 aliphatic rings. The number of aromatic carboxylic acids is 2. The summed E-state index contributed by atoms with van der Waals surface area (Å²) in [7, 11) is 0. The van der Waals surface area contributed by atoms with E-state index in [2.05, 4.69) is 0 Å². The zero-order valence-electron chi connectivity index (χ0n) is 12.4. The van der Waals surface area contributed by atoms with Gasteiger partial charge in [0.05, 0.1) is 22.4 Å². The second-order valence-corrected chi connectivity index (χ2v) is 4.11. The number of nitro benzene ring substituents is 1. The molecule has 106 valence electrons. The van der Waals surface area contributed by atoms with Crippen LogP contribution in [0.4, 0.5) is 5.69 Å². The molecule has 2 aromatic carbocycles. The van der Waals surface area contributed by atoms with Gasteiger partial charge in [-0.25, -0.2) is 0 Å². The van der Waals surface area contributed by atoms with E-state index in [0.717, 1.165) is 12.1 Å². The Balaban J connectivity index is 0.00000242. The number of para-hydroxylation sites is 1. The third kappa shape index (κ3) is 4.87. The Kier molecular flexibility index (Phi) is 8.68. The van der Waals surface area contributed by atoms with Gasteiger partial charge in [-0.3, -0.25) is 10.1 Å². The molecule has 0 unspecified atom stereocenters. The summed E-state index contributed by atoms with van der Waals surface area (Å²) in [6.45, 7) is 0. The molecule has 9 heteroatoms. The first kappa shape index (κ1) is 21.8. The van der Waals surface area contributed by atoms with Gasteiger partial charge in [-0.15, -0.1) is 0 Å². The van der Waals surface area contributed by atoms with Gasteiger partial charge < -0.3 is 19.8 Å². The molecule has 0 fully saturated rings. The molecule has 0 amide bonds. The molecule has 0 heterocycles. The fourth-order valence-corrected chi connectivity index (χ4v) is 1.94. The molecule has 0 saturated heterocycles. The van der Waals surface area contributed by atoms with Crippen LogP contribution in [0.15, 0.2) is 42.5 Å². The number of nitrogens with zero attached hydrogens (tertiary/aromatic N) is 1. The predicted octanol–water partition coefficient (Wildman–Crippen LogP) is -6.00. The molecule has 0 spiro atoms. The normalized spacial score (nSPS) is 9.22. The van der Waals surface area contributed by atoms with Crippen molar-refractivity contribution in [2.45, 2.75) is 0 Å². The van der Waals surface area contributed by atoms with Crippen molar-refractivity contribution in [2.75, 3.05) is 0 Å². The molecule has 23 heavy (non-hydrogen) atoms. The van der Waals surface area contributed by atoms with Gasteiger partial charge in [0, 0.05) is 17.2 Å². The van der Waals surface area contributed by atoms with Crippen molar-refractivity contribution >= 4 is 17.6 Å². The maximum Gasteiger partial charge on any atom is 1.00 e. The fraction of sp³-hybridized carbons (Fsp3) is 0. The van der Waals surface area contributed by atoms with E-state index in [4.69, 9.17) is 0 Å². The van der Waals surface area contributed by atoms with Crippen molar-refractivity contribution < 1.29 is 83.8 Å². The zero-order valence-corrected chi connectivity index (χ0v) is 16.4. The summed E-state index contributed by atoms with van der Waals surface area (Å²) in [5, 5.41) is 32.8. The van der Waals surface area contributed by atoms with E-state index in [1.54, 1.807) is 6.07 Å². The summed E-state index contributed by atoms with van der Waals surface area (Å²) >= 11 is 0. The summed E-state index contributed by atoms with van der Waals surface area (Å²) in [6.07, 6.45) is 0. The summed E-state index contributed by atoms with van der Waals surface area (Å²) in [6, 6.07) is 9.03. The van der Waals surface area contributed by atoms with Gasteiger partial charge >= 0.3 is 59.1 Å². The van der Waals surface area contributed by atoms with Gasteiger partial charge in [0.15, 0.2) is 0 Å². The van der Waals surface area contributed by atoms with Crippen LogP contribution in [0.5, 0.6) is 0 Å². The summed E-state index contributed by atoms with van der Waals surface area (Å²) in [5.74, 6) is -3.36. The van der Waals surface area contributed by atoms with Crippen LogP contribution in [-0.2, 0) is 0 Å². The average Bonchev–Trinajstić information content (AvgIpc) is 2.46. The minimum absolute atomic E-state index is 0. The van der Waals surface area contributed by atoms with E-state index >= 15 is 0 Å². The van der Waals surface area contributed by atoms with Gasteiger partial charge in [-0.05, 0) is 17.7 Å². The largest absolute Gasteiger partial charge is 1.00 e. The second kappa shape index (κ2) is 9.17. The van der Waals surface area contributed by atoms with Gasteiger partial charge in [-0.1, -0.05) is 24.3 Å². The number of rotatable bonds is 4.